The van der Waals surface area contributed by atoms with Crippen LogP contribution in [0.15, 0.2) is 42.7 Å². The summed E-state index contributed by atoms with van der Waals surface area (Å²) < 4.78 is 10.6. The van der Waals surface area contributed by atoms with E-state index in [0.29, 0.717) is 31.1 Å². The Morgan fingerprint density at radius 1 is 1.14 bits per heavy atom. The zero-order valence-corrected chi connectivity index (χ0v) is 17.1. The predicted molar refractivity (Wildman–Crippen MR) is 109 cm³/mol. The van der Waals surface area contributed by atoms with Crippen LogP contribution >= 0.6 is 0 Å². The lowest BCUT2D eigenvalue weighted by Crippen LogP contribution is -2.35. The summed E-state index contributed by atoms with van der Waals surface area (Å²) in [6.07, 6.45) is 4.52. The van der Waals surface area contributed by atoms with Gasteiger partial charge >= 0.3 is 0 Å². The SMILES string of the molecule is COc1ccc(CN2CC(C(=O)N(C)CCc3ccncc3)CC2=O)cc1OC. The number of hydrogen-bond acceptors (Lipinski definition) is 5. The highest BCUT2D eigenvalue weighted by Gasteiger charge is 2.35. The number of likely N-dealkylation sites (tertiary alicyclic amines) is 1. The number of rotatable bonds is 8. The molecule has 2 aromatic rings. The number of carbonyl (C=O) groups is 2. The first-order valence-electron chi connectivity index (χ1n) is 9.64. The molecule has 1 saturated heterocycles. The molecule has 0 N–H and O–H groups in total. The van der Waals surface area contributed by atoms with Gasteiger partial charge in [-0.3, -0.25) is 14.6 Å². The molecule has 7 nitrogen and oxygen atoms in total. The van der Waals surface area contributed by atoms with E-state index >= 15 is 0 Å². The third-order valence-corrected chi connectivity index (χ3v) is 5.25. The molecule has 2 amide bonds. The van der Waals surface area contributed by atoms with Crippen molar-refractivity contribution in [1.29, 1.82) is 0 Å². The van der Waals surface area contributed by atoms with Gasteiger partial charge in [-0.15, -0.1) is 0 Å². The third kappa shape index (κ3) is 5.04. The quantitative estimate of drug-likeness (QED) is 0.683. The van der Waals surface area contributed by atoms with Crippen molar-refractivity contribution in [2.75, 3.05) is 34.4 Å². The Bertz CT molecular complexity index is 856. The highest BCUT2D eigenvalue weighted by Crippen LogP contribution is 2.29. The Balaban J connectivity index is 1.57. The van der Waals surface area contributed by atoms with Crippen molar-refractivity contribution in [3.05, 3.63) is 53.9 Å². The van der Waals surface area contributed by atoms with Crippen LogP contribution < -0.4 is 9.47 Å². The Labute approximate surface area is 171 Å². The van der Waals surface area contributed by atoms with Gasteiger partial charge in [-0.1, -0.05) is 6.07 Å². The first kappa shape index (κ1) is 20.6. The molecule has 1 aromatic carbocycles. The molecule has 0 radical (unpaired) electrons. The van der Waals surface area contributed by atoms with E-state index in [9.17, 15) is 9.59 Å². The molecule has 154 valence electrons. The molecule has 0 bridgehead atoms. The first-order chi connectivity index (χ1) is 14.0. The fourth-order valence-electron chi connectivity index (χ4n) is 3.56. The van der Waals surface area contributed by atoms with Gasteiger partial charge in [-0.2, -0.15) is 0 Å². The van der Waals surface area contributed by atoms with Crippen molar-refractivity contribution >= 4 is 11.8 Å². The number of methoxy groups -OCH3 is 2. The van der Waals surface area contributed by atoms with E-state index in [1.807, 2.05) is 30.3 Å². The van der Waals surface area contributed by atoms with E-state index in [0.717, 1.165) is 17.5 Å². The van der Waals surface area contributed by atoms with Crippen molar-refractivity contribution in [3.63, 3.8) is 0 Å². The average Bonchev–Trinajstić information content (AvgIpc) is 3.12. The minimum Gasteiger partial charge on any atom is -0.493 e. The summed E-state index contributed by atoms with van der Waals surface area (Å²) >= 11 is 0. The summed E-state index contributed by atoms with van der Waals surface area (Å²) in [5.74, 6) is 0.987. The van der Waals surface area contributed by atoms with E-state index in [1.165, 1.54) is 0 Å². The monoisotopic (exact) mass is 397 g/mol. The van der Waals surface area contributed by atoms with E-state index in [1.54, 1.807) is 43.5 Å². The molecular formula is C22H27N3O4. The van der Waals surface area contributed by atoms with Crippen LogP contribution in [0.5, 0.6) is 11.5 Å². The zero-order valence-electron chi connectivity index (χ0n) is 17.1. The Morgan fingerprint density at radius 2 is 1.86 bits per heavy atom. The summed E-state index contributed by atoms with van der Waals surface area (Å²) in [5.41, 5.74) is 2.08. The standard InChI is InChI=1S/C22H27N3O4/c1-24(11-8-16-6-9-23-10-7-16)22(27)18-13-21(26)25(15-18)14-17-4-5-19(28-2)20(12-17)29-3/h4-7,9-10,12,18H,8,11,13-15H2,1-3H3. The Hall–Kier alpha value is -3.09. The predicted octanol–water partition coefficient (Wildman–Crippen LogP) is 2.15. The Kier molecular flexibility index (Phi) is 6.69. The first-order valence-corrected chi connectivity index (χ1v) is 9.64. The lowest BCUT2D eigenvalue weighted by Gasteiger charge is -2.22. The number of amides is 2. The van der Waals surface area contributed by atoms with Crippen LogP contribution in [0.25, 0.3) is 0 Å². The summed E-state index contributed by atoms with van der Waals surface area (Å²) in [6.45, 7) is 1.50. The van der Waals surface area contributed by atoms with Crippen molar-refractivity contribution in [2.45, 2.75) is 19.4 Å². The molecule has 1 fully saturated rings. The molecule has 29 heavy (non-hydrogen) atoms. The Morgan fingerprint density at radius 3 is 2.55 bits per heavy atom. The minimum absolute atomic E-state index is 0.000619. The van der Waals surface area contributed by atoms with Gasteiger partial charge in [-0.05, 0) is 41.8 Å². The van der Waals surface area contributed by atoms with Gasteiger partial charge in [0.15, 0.2) is 11.5 Å². The lowest BCUT2D eigenvalue weighted by molar-refractivity contribution is -0.134. The smallest absolute Gasteiger partial charge is 0.227 e. The molecule has 1 unspecified atom stereocenters. The van der Waals surface area contributed by atoms with Crippen LogP contribution in [0.4, 0.5) is 0 Å². The summed E-state index contributed by atoms with van der Waals surface area (Å²) in [5, 5.41) is 0. The van der Waals surface area contributed by atoms with Crippen LogP contribution in [0.1, 0.15) is 17.5 Å². The maximum atomic E-state index is 12.8. The molecule has 2 heterocycles. The van der Waals surface area contributed by atoms with Crippen LogP contribution in [-0.2, 0) is 22.6 Å². The fourth-order valence-corrected chi connectivity index (χ4v) is 3.56. The van der Waals surface area contributed by atoms with E-state index in [2.05, 4.69) is 4.98 Å². The zero-order chi connectivity index (χ0) is 20.8. The van der Waals surface area contributed by atoms with Gasteiger partial charge in [-0.25, -0.2) is 0 Å². The molecule has 1 aliphatic heterocycles. The molecule has 0 saturated carbocycles. The number of likely N-dealkylation sites (N-methyl/N-ethyl adjacent to an activating group) is 1. The molecule has 0 spiro atoms. The second-order valence-electron chi connectivity index (χ2n) is 7.23. The van der Waals surface area contributed by atoms with Gasteiger partial charge in [0.25, 0.3) is 0 Å². The summed E-state index contributed by atoms with van der Waals surface area (Å²) in [6, 6.07) is 9.49. The van der Waals surface area contributed by atoms with E-state index in [-0.39, 0.29) is 24.2 Å². The van der Waals surface area contributed by atoms with Gasteiger partial charge in [0, 0.05) is 45.5 Å². The van der Waals surface area contributed by atoms with Gasteiger partial charge < -0.3 is 19.3 Å². The van der Waals surface area contributed by atoms with Crippen LogP contribution in [0, 0.1) is 5.92 Å². The maximum Gasteiger partial charge on any atom is 0.227 e. The van der Waals surface area contributed by atoms with Crippen molar-refractivity contribution < 1.29 is 19.1 Å². The molecule has 1 atom stereocenters. The number of ether oxygens (including phenoxy) is 2. The normalized spacial score (nSPS) is 16.0. The molecular weight excluding hydrogens is 370 g/mol. The average molecular weight is 397 g/mol. The fraction of sp³-hybridized carbons (Fsp3) is 0.409. The number of nitrogens with zero attached hydrogens (tertiary/aromatic N) is 3. The summed E-state index contributed by atoms with van der Waals surface area (Å²) in [7, 11) is 4.97. The lowest BCUT2D eigenvalue weighted by atomic mass is 10.1. The van der Waals surface area contributed by atoms with Crippen LogP contribution in [0.3, 0.4) is 0 Å². The largest absolute Gasteiger partial charge is 0.493 e. The number of carbonyl (C=O) groups excluding carboxylic acids is 2. The summed E-state index contributed by atoms with van der Waals surface area (Å²) in [4.78, 5) is 32.7. The molecule has 0 aliphatic carbocycles. The van der Waals surface area contributed by atoms with E-state index in [4.69, 9.17) is 9.47 Å². The second kappa shape index (κ2) is 9.41. The third-order valence-electron chi connectivity index (χ3n) is 5.25. The van der Waals surface area contributed by atoms with Crippen molar-refractivity contribution in [1.82, 2.24) is 14.8 Å². The van der Waals surface area contributed by atoms with Gasteiger partial charge in [0.05, 0.1) is 20.1 Å². The highest BCUT2D eigenvalue weighted by atomic mass is 16.5. The van der Waals surface area contributed by atoms with Crippen LogP contribution in [-0.4, -0.2) is 61.0 Å². The second-order valence-corrected chi connectivity index (χ2v) is 7.23. The number of pyridine rings is 1. The number of hydrogen-bond donors (Lipinski definition) is 0. The van der Waals surface area contributed by atoms with Gasteiger partial charge in [0.1, 0.15) is 0 Å². The minimum atomic E-state index is -0.301. The maximum absolute atomic E-state index is 12.8. The topological polar surface area (TPSA) is 72.0 Å². The van der Waals surface area contributed by atoms with Crippen LogP contribution in [0.2, 0.25) is 0 Å². The molecule has 3 rings (SSSR count). The van der Waals surface area contributed by atoms with E-state index < -0.39 is 0 Å². The molecule has 7 heteroatoms. The molecule has 1 aliphatic rings. The van der Waals surface area contributed by atoms with Crippen molar-refractivity contribution in [2.24, 2.45) is 5.92 Å². The van der Waals surface area contributed by atoms with Crippen molar-refractivity contribution in [3.8, 4) is 11.5 Å². The molecule has 1 aromatic heterocycles. The van der Waals surface area contributed by atoms with Gasteiger partial charge in [0.2, 0.25) is 11.8 Å². The number of aromatic nitrogens is 1. The highest BCUT2D eigenvalue weighted by molar-refractivity contribution is 5.89. The number of benzene rings is 1.